The highest BCUT2D eigenvalue weighted by Crippen LogP contribution is 2.36. The number of carbonyl (C=O) groups excluding carboxylic acids is 2. The lowest BCUT2D eigenvalue weighted by Gasteiger charge is -2.23. The maximum absolute atomic E-state index is 13.0. The Kier molecular flexibility index (Phi) is 6.77. The van der Waals surface area contributed by atoms with Crippen molar-refractivity contribution in [2.45, 2.75) is 63.2 Å². The fourth-order valence-corrected chi connectivity index (χ4v) is 5.19. The third-order valence-corrected chi connectivity index (χ3v) is 7.79. The predicted molar refractivity (Wildman–Crippen MR) is 147 cm³/mol. The Morgan fingerprint density at radius 2 is 1.32 bits per heavy atom. The standard InChI is InChI=1S/C30H32N6O2/c37-29(31-27-17-25(33-35-27)21-8-4-9-21)15-19-12-13-24(20-6-2-1-3-7-20)23(14-19)16-30(38)32-28-18-26(34-36-28)22-10-5-11-22/h1-3,6-7,12-14,17-18,21-22H,4-5,8-11,15-16H2,(H2,31,33,35,37)(H2,32,34,36,38). The van der Waals surface area contributed by atoms with Crippen LogP contribution in [0.3, 0.4) is 0 Å². The van der Waals surface area contributed by atoms with Crippen molar-refractivity contribution in [1.29, 1.82) is 0 Å². The summed E-state index contributed by atoms with van der Waals surface area (Å²) < 4.78 is 0. The molecular formula is C30H32N6O2. The quantitative estimate of drug-likeness (QED) is 0.232. The van der Waals surface area contributed by atoms with E-state index >= 15 is 0 Å². The second-order valence-corrected chi connectivity index (χ2v) is 10.5. The molecule has 6 rings (SSSR count). The third kappa shape index (κ3) is 5.39. The van der Waals surface area contributed by atoms with E-state index in [9.17, 15) is 9.59 Å². The van der Waals surface area contributed by atoms with Crippen molar-refractivity contribution in [1.82, 2.24) is 20.4 Å². The van der Waals surface area contributed by atoms with E-state index in [1.165, 1.54) is 25.7 Å². The maximum atomic E-state index is 13.0. The summed E-state index contributed by atoms with van der Waals surface area (Å²) in [6.45, 7) is 0. The molecule has 8 heteroatoms. The van der Waals surface area contributed by atoms with Gasteiger partial charge in [-0.25, -0.2) is 0 Å². The van der Waals surface area contributed by atoms with Gasteiger partial charge in [0.1, 0.15) is 0 Å². The van der Waals surface area contributed by atoms with Crippen LogP contribution in [0.15, 0.2) is 60.7 Å². The van der Waals surface area contributed by atoms with Crippen LogP contribution in [-0.4, -0.2) is 32.2 Å². The normalized spacial score (nSPS) is 15.5. The van der Waals surface area contributed by atoms with Gasteiger partial charge in [-0.3, -0.25) is 19.8 Å². The Morgan fingerprint density at radius 1 is 0.737 bits per heavy atom. The van der Waals surface area contributed by atoms with Gasteiger partial charge < -0.3 is 10.6 Å². The van der Waals surface area contributed by atoms with Crippen LogP contribution in [0, 0.1) is 0 Å². The van der Waals surface area contributed by atoms with Crippen molar-refractivity contribution in [3.8, 4) is 11.1 Å². The fourth-order valence-electron chi connectivity index (χ4n) is 5.19. The Bertz CT molecular complexity index is 1430. The summed E-state index contributed by atoms with van der Waals surface area (Å²) in [6, 6.07) is 19.8. The second kappa shape index (κ2) is 10.7. The monoisotopic (exact) mass is 508 g/mol. The first-order valence-corrected chi connectivity index (χ1v) is 13.5. The van der Waals surface area contributed by atoms with Crippen LogP contribution in [0.5, 0.6) is 0 Å². The molecule has 0 aliphatic heterocycles. The molecule has 2 saturated carbocycles. The molecule has 0 saturated heterocycles. The van der Waals surface area contributed by atoms with E-state index in [2.05, 4.69) is 31.0 Å². The van der Waals surface area contributed by atoms with E-state index < -0.39 is 0 Å². The van der Waals surface area contributed by atoms with Crippen LogP contribution >= 0.6 is 0 Å². The second-order valence-electron chi connectivity index (χ2n) is 10.5. The van der Waals surface area contributed by atoms with Gasteiger partial charge in [-0.15, -0.1) is 0 Å². The van der Waals surface area contributed by atoms with Crippen LogP contribution in [0.1, 0.15) is 72.9 Å². The van der Waals surface area contributed by atoms with Gasteiger partial charge in [-0.1, -0.05) is 61.4 Å². The molecule has 2 aliphatic carbocycles. The molecule has 8 nitrogen and oxygen atoms in total. The summed E-state index contributed by atoms with van der Waals surface area (Å²) >= 11 is 0. The number of rotatable bonds is 9. The van der Waals surface area contributed by atoms with Crippen LogP contribution in [0.2, 0.25) is 0 Å². The zero-order valence-electron chi connectivity index (χ0n) is 21.3. The van der Waals surface area contributed by atoms with Gasteiger partial charge in [0.05, 0.1) is 12.8 Å². The largest absolute Gasteiger partial charge is 0.309 e. The minimum atomic E-state index is -0.143. The molecule has 4 aromatic rings. The fraction of sp³-hybridized carbons (Fsp3) is 0.333. The van der Waals surface area contributed by atoms with Gasteiger partial charge in [0.2, 0.25) is 11.8 Å². The molecule has 2 amide bonds. The van der Waals surface area contributed by atoms with Crippen molar-refractivity contribution in [3.05, 3.63) is 83.2 Å². The number of anilines is 2. The van der Waals surface area contributed by atoms with E-state index in [0.29, 0.717) is 23.5 Å². The van der Waals surface area contributed by atoms with E-state index in [1.807, 2.05) is 60.7 Å². The van der Waals surface area contributed by atoms with Gasteiger partial charge in [0.25, 0.3) is 0 Å². The van der Waals surface area contributed by atoms with Gasteiger partial charge in [0.15, 0.2) is 11.6 Å². The van der Waals surface area contributed by atoms with Gasteiger partial charge in [-0.05, 0) is 47.9 Å². The molecule has 4 N–H and O–H groups in total. The molecule has 38 heavy (non-hydrogen) atoms. The number of amides is 2. The molecule has 0 spiro atoms. The number of hydrogen-bond acceptors (Lipinski definition) is 4. The number of H-pyrrole nitrogens is 2. The van der Waals surface area contributed by atoms with E-state index in [4.69, 9.17) is 0 Å². The highest BCUT2D eigenvalue weighted by atomic mass is 16.2. The minimum Gasteiger partial charge on any atom is -0.309 e. The number of nitrogens with zero attached hydrogens (tertiary/aromatic N) is 2. The molecule has 0 bridgehead atoms. The van der Waals surface area contributed by atoms with Crippen molar-refractivity contribution < 1.29 is 9.59 Å². The summed E-state index contributed by atoms with van der Waals surface area (Å²) in [6.07, 6.45) is 7.52. The first-order chi connectivity index (χ1) is 18.6. The van der Waals surface area contributed by atoms with Crippen LogP contribution in [-0.2, 0) is 22.4 Å². The molecule has 194 valence electrons. The molecule has 2 heterocycles. The lowest BCUT2D eigenvalue weighted by atomic mass is 9.83. The Balaban J connectivity index is 1.16. The van der Waals surface area contributed by atoms with Crippen LogP contribution < -0.4 is 10.6 Å². The van der Waals surface area contributed by atoms with Crippen LogP contribution in [0.25, 0.3) is 11.1 Å². The molecule has 2 aromatic carbocycles. The average molecular weight is 509 g/mol. The summed E-state index contributed by atoms with van der Waals surface area (Å²) in [7, 11) is 0. The molecular weight excluding hydrogens is 476 g/mol. The minimum absolute atomic E-state index is 0.139. The summed E-state index contributed by atoms with van der Waals surface area (Å²) in [4.78, 5) is 25.8. The predicted octanol–water partition coefficient (Wildman–Crippen LogP) is 5.70. The molecule has 2 aromatic heterocycles. The maximum Gasteiger partial charge on any atom is 0.230 e. The molecule has 0 atom stereocenters. The summed E-state index contributed by atoms with van der Waals surface area (Å²) in [5, 5.41) is 20.5. The topological polar surface area (TPSA) is 116 Å². The Hall–Kier alpha value is -4.20. The number of nitrogens with one attached hydrogen (secondary N) is 4. The zero-order valence-corrected chi connectivity index (χ0v) is 21.3. The van der Waals surface area contributed by atoms with Crippen molar-refractivity contribution in [2.75, 3.05) is 10.6 Å². The molecule has 0 unspecified atom stereocenters. The zero-order chi connectivity index (χ0) is 25.9. The molecule has 2 aliphatic rings. The van der Waals surface area contributed by atoms with E-state index in [-0.39, 0.29) is 24.7 Å². The highest BCUT2D eigenvalue weighted by Gasteiger charge is 2.23. The first kappa shape index (κ1) is 24.2. The van der Waals surface area contributed by atoms with Crippen molar-refractivity contribution in [2.24, 2.45) is 0 Å². The molecule has 2 fully saturated rings. The van der Waals surface area contributed by atoms with Gasteiger partial charge >= 0.3 is 0 Å². The summed E-state index contributed by atoms with van der Waals surface area (Å²) in [5.41, 5.74) is 5.87. The number of carbonyl (C=O) groups is 2. The number of aromatic nitrogens is 4. The lowest BCUT2D eigenvalue weighted by Crippen LogP contribution is -2.17. The van der Waals surface area contributed by atoms with Crippen LogP contribution in [0.4, 0.5) is 11.6 Å². The third-order valence-electron chi connectivity index (χ3n) is 7.79. The number of benzene rings is 2. The smallest absolute Gasteiger partial charge is 0.230 e. The average Bonchev–Trinajstić information content (AvgIpc) is 3.47. The highest BCUT2D eigenvalue weighted by molar-refractivity contribution is 5.94. The van der Waals surface area contributed by atoms with Crippen molar-refractivity contribution in [3.63, 3.8) is 0 Å². The first-order valence-electron chi connectivity index (χ1n) is 13.5. The number of hydrogen-bond donors (Lipinski definition) is 4. The lowest BCUT2D eigenvalue weighted by molar-refractivity contribution is -0.116. The number of aromatic amines is 2. The Labute approximate surface area is 221 Å². The Morgan fingerprint density at radius 3 is 1.87 bits per heavy atom. The van der Waals surface area contributed by atoms with Gasteiger partial charge in [0, 0.05) is 35.4 Å². The van der Waals surface area contributed by atoms with Crippen molar-refractivity contribution >= 4 is 23.5 Å². The SMILES string of the molecule is O=C(Cc1ccc(-c2ccccc2)c(CC(=O)Nc2cc(C3CCC3)[nH]n2)c1)Nc1cc(C2CCC2)[nH]n1. The van der Waals surface area contributed by atoms with E-state index in [1.54, 1.807) is 0 Å². The van der Waals surface area contributed by atoms with Gasteiger partial charge in [-0.2, -0.15) is 10.2 Å². The molecule has 0 radical (unpaired) electrons. The summed E-state index contributed by atoms with van der Waals surface area (Å²) in [5.74, 6) is 1.87. The van der Waals surface area contributed by atoms with E-state index in [0.717, 1.165) is 46.5 Å².